The van der Waals surface area contributed by atoms with Crippen LogP contribution in [0.4, 0.5) is 20.2 Å². The summed E-state index contributed by atoms with van der Waals surface area (Å²) in [6.07, 6.45) is 2.12. The molecular formula is C33H41F2N5O4. The SMILES string of the molecule is C=C/C(=C(\N=C(CCC)Nc1ccc(N2CCN(CC(C)=O)CC2)cc1OC)Oc1cccc2c1C(=O)N(C)C2)C(C)(F)F. The van der Waals surface area contributed by atoms with Gasteiger partial charge in [0, 0.05) is 64.9 Å². The molecule has 0 unspecified atom stereocenters. The van der Waals surface area contributed by atoms with Gasteiger partial charge in [-0.2, -0.15) is 4.99 Å². The number of allylic oxidation sites excluding steroid dienone is 2. The molecule has 2 aromatic rings. The molecule has 4 rings (SSSR count). The average Bonchev–Trinajstić information content (AvgIpc) is 3.26. The molecule has 2 aliphatic rings. The van der Waals surface area contributed by atoms with Gasteiger partial charge < -0.3 is 24.6 Å². The Kier molecular flexibility index (Phi) is 10.4. The maximum absolute atomic E-state index is 14.8. The van der Waals surface area contributed by atoms with Crippen LogP contribution in [0.5, 0.6) is 11.5 Å². The average molecular weight is 610 g/mol. The number of ketones is 1. The molecule has 0 radical (unpaired) electrons. The Balaban J connectivity index is 1.66. The number of halogens is 2. The van der Waals surface area contributed by atoms with Crippen LogP contribution >= 0.6 is 0 Å². The van der Waals surface area contributed by atoms with Gasteiger partial charge in [0.2, 0.25) is 5.88 Å². The molecule has 0 atom stereocenters. The summed E-state index contributed by atoms with van der Waals surface area (Å²) >= 11 is 0. The van der Waals surface area contributed by atoms with Gasteiger partial charge >= 0.3 is 0 Å². The Morgan fingerprint density at radius 1 is 1.16 bits per heavy atom. The second-order valence-corrected chi connectivity index (χ2v) is 11.1. The molecule has 2 heterocycles. The van der Waals surface area contributed by atoms with Gasteiger partial charge in [-0.25, -0.2) is 8.78 Å². The number of piperazine rings is 1. The van der Waals surface area contributed by atoms with Crippen LogP contribution < -0.4 is 19.7 Å². The number of hydrogen-bond donors (Lipinski definition) is 1. The number of Topliss-reactive ketones (excluding diaryl/α,β-unsaturated/α-hetero) is 1. The van der Waals surface area contributed by atoms with Crippen LogP contribution in [0.2, 0.25) is 0 Å². The minimum Gasteiger partial charge on any atom is -0.494 e. The summed E-state index contributed by atoms with van der Waals surface area (Å²) in [7, 11) is 3.24. The molecule has 2 aliphatic heterocycles. The number of fused-ring (bicyclic) bond motifs is 1. The highest BCUT2D eigenvalue weighted by Gasteiger charge is 2.33. The van der Waals surface area contributed by atoms with Gasteiger partial charge in [-0.3, -0.25) is 14.5 Å². The number of nitrogens with zero attached hydrogens (tertiary/aromatic N) is 4. The van der Waals surface area contributed by atoms with Gasteiger partial charge in [-0.1, -0.05) is 31.7 Å². The Labute approximate surface area is 257 Å². The molecule has 0 aromatic heterocycles. The molecule has 1 saturated heterocycles. The number of carbonyl (C=O) groups excluding carboxylic acids is 2. The highest BCUT2D eigenvalue weighted by molar-refractivity contribution is 6.01. The van der Waals surface area contributed by atoms with Crippen molar-refractivity contribution in [3.05, 3.63) is 71.6 Å². The molecular weight excluding hydrogens is 568 g/mol. The number of amidine groups is 1. The predicted molar refractivity (Wildman–Crippen MR) is 169 cm³/mol. The van der Waals surface area contributed by atoms with Crippen molar-refractivity contribution < 1.29 is 27.8 Å². The zero-order valence-corrected chi connectivity index (χ0v) is 26.1. The van der Waals surface area contributed by atoms with E-state index in [1.54, 1.807) is 38.1 Å². The summed E-state index contributed by atoms with van der Waals surface area (Å²) in [5, 5.41) is 3.27. The van der Waals surface area contributed by atoms with Crippen molar-refractivity contribution >= 4 is 28.9 Å². The lowest BCUT2D eigenvalue weighted by Gasteiger charge is -2.35. The normalized spacial score (nSPS) is 16.4. The van der Waals surface area contributed by atoms with Crippen molar-refractivity contribution in [1.29, 1.82) is 0 Å². The summed E-state index contributed by atoms with van der Waals surface area (Å²) in [4.78, 5) is 34.8. The summed E-state index contributed by atoms with van der Waals surface area (Å²) in [6.45, 7) is 11.9. The van der Waals surface area contributed by atoms with E-state index in [1.165, 1.54) is 0 Å². The van der Waals surface area contributed by atoms with Crippen LogP contribution in [0.1, 0.15) is 49.5 Å². The van der Waals surface area contributed by atoms with E-state index >= 15 is 0 Å². The summed E-state index contributed by atoms with van der Waals surface area (Å²) in [5.74, 6) is -2.67. The third kappa shape index (κ3) is 7.63. The van der Waals surface area contributed by atoms with Crippen molar-refractivity contribution in [2.45, 2.75) is 46.1 Å². The number of benzene rings is 2. The smallest absolute Gasteiger partial charge is 0.275 e. The van der Waals surface area contributed by atoms with E-state index in [1.807, 2.05) is 31.2 Å². The first-order valence-electron chi connectivity index (χ1n) is 14.7. The molecule has 1 N–H and O–H groups in total. The third-order valence-corrected chi connectivity index (χ3v) is 7.57. The molecule has 9 nitrogen and oxygen atoms in total. The number of nitrogens with one attached hydrogen (secondary N) is 1. The molecule has 0 aliphatic carbocycles. The number of hydrogen-bond acceptors (Lipinski definition) is 7. The van der Waals surface area contributed by atoms with Gasteiger partial charge in [0.05, 0.1) is 30.5 Å². The number of aliphatic imine (C=N–C) groups is 1. The van der Waals surface area contributed by atoms with Crippen LogP contribution in [0.3, 0.4) is 0 Å². The van der Waals surface area contributed by atoms with Gasteiger partial charge in [-0.15, -0.1) is 0 Å². The summed E-state index contributed by atoms with van der Waals surface area (Å²) in [6, 6.07) is 10.9. The van der Waals surface area contributed by atoms with E-state index < -0.39 is 11.5 Å². The van der Waals surface area contributed by atoms with Crippen LogP contribution in [0, 0.1) is 0 Å². The van der Waals surface area contributed by atoms with Gasteiger partial charge in [0.15, 0.2) is 0 Å². The molecule has 2 aromatic carbocycles. The number of rotatable bonds is 12. The number of methoxy groups -OCH3 is 1. The van der Waals surface area contributed by atoms with E-state index in [-0.39, 0.29) is 23.3 Å². The van der Waals surface area contributed by atoms with E-state index in [0.29, 0.717) is 48.8 Å². The summed E-state index contributed by atoms with van der Waals surface area (Å²) < 4.78 is 41.4. The Hall–Kier alpha value is -4.25. The maximum Gasteiger partial charge on any atom is 0.275 e. The van der Waals surface area contributed by atoms with Crippen molar-refractivity contribution in [1.82, 2.24) is 9.80 Å². The second kappa shape index (κ2) is 14.0. The third-order valence-electron chi connectivity index (χ3n) is 7.57. The first-order chi connectivity index (χ1) is 20.9. The fourth-order valence-corrected chi connectivity index (χ4v) is 5.37. The number of amides is 1. The Bertz CT molecular complexity index is 1460. The van der Waals surface area contributed by atoms with Crippen LogP contribution in [-0.2, 0) is 11.3 Å². The van der Waals surface area contributed by atoms with Gasteiger partial charge in [-0.05, 0) is 37.1 Å². The number of anilines is 2. The predicted octanol–water partition coefficient (Wildman–Crippen LogP) is 5.73. The number of carbonyl (C=O) groups is 2. The van der Waals surface area contributed by atoms with Crippen LogP contribution in [0.25, 0.3) is 0 Å². The minimum atomic E-state index is -3.32. The lowest BCUT2D eigenvalue weighted by atomic mass is 10.1. The molecule has 0 bridgehead atoms. The van der Waals surface area contributed by atoms with E-state index in [0.717, 1.165) is 50.4 Å². The monoisotopic (exact) mass is 609 g/mol. The topological polar surface area (TPSA) is 86.7 Å². The van der Waals surface area contributed by atoms with E-state index in [2.05, 4.69) is 26.7 Å². The lowest BCUT2D eigenvalue weighted by molar-refractivity contribution is -0.118. The molecule has 0 spiro atoms. The molecule has 0 saturated carbocycles. The molecule has 44 heavy (non-hydrogen) atoms. The summed E-state index contributed by atoms with van der Waals surface area (Å²) in [5.41, 5.74) is 2.16. The van der Waals surface area contributed by atoms with Crippen LogP contribution in [0.15, 0.2) is 65.5 Å². The molecule has 1 amide bonds. The zero-order valence-electron chi connectivity index (χ0n) is 26.1. The zero-order chi connectivity index (χ0) is 32.0. The maximum atomic E-state index is 14.8. The Morgan fingerprint density at radius 3 is 2.50 bits per heavy atom. The highest BCUT2D eigenvalue weighted by Crippen LogP contribution is 2.35. The number of ether oxygens (including phenoxy) is 2. The van der Waals surface area contributed by atoms with Crippen LogP contribution in [-0.4, -0.2) is 80.1 Å². The quantitative estimate of drug-likeness (QED) is 0.142. The van der Waals surface area contributed by atoms with Crippen molar-refractivity contribution in [3.8, 4) is 11.5 Å². The second-order valence-electron chi connectivity index (χ2n) is 11.1. The fourth-order valence-electron chi connectivity index (χ4n) is 5.37. The fraction of sp³-hybridized carbons (Fsp3) is 0.424. The standard InChI is InChI=1S/C33H41F2N5O4/c1-7-10-29(36-26-14-13-24(19-28(26)43-6)40-17-15-39(16-18-40)20-22(3)41)37-31(25(8-2)33(4,34)35)44-27-12-9-11-23-21-38(5)32(42)30(23)27/h8-9,11-14,19H,2,7,10,15-18,20-21H2,1,3-6H3,(H,36,37)/b31-25-. The van der Waals surface area contributed by atoms with Gasteiger partial charge in [0.25, 0.3) is 11.8 Å². The lowest BCUT2D eigenvalue weighted by Crippen LogP contribution is -2.47. The first-order valence-corrected chi connectivity index (χ1v) is 14.7. The van der Waals surface area contributed by atoms with Crippen molar-refractivity contribution in [2.75, 3.05) is 57.1 Å². The Morgan fingerprint density at radius 2 is 1.89 bits per heavy atom. The molecule has 11 heteroatoms. The number of alkyl halides is 2. The molecule has 236 valence electrons. The van der Waals surface area contributed by atoms with Gasteiger partial charge in [0.1, 0.15) is 23.1 Å². The first kappa shape index (κ1) is 32.7. The van der Waals surface area contributed by atoms with E-state index in [4.69, 9.17) is 9.47 Å². The molecule has 1 fully saturated rings. The minimum absolute atomic E-state index is 0.153. The van der Waals surface area contributed by atoms with E-state index in [9.17, 15) is 18.4 Å². The van der Waals surface area contributed by atoms with Crippen molar-refractivity contribution in [3.63, 3.8) is 0 Å². The highest BCUT2D eigenvalue weighted by atomic mass is 19.3. The van der Waals surface area contributed by atoms with Crippen molar-refractivity contribution in [2.24, 2.45) is 4.99 Å². The largest absolute Gasteiger partial charge is 0.494 e.